The molecule has 0 radical (unpaired) electrons. The first-order valence-electron chi connectivity index (χ1n) is 6.95. The van der Waals surface area contributed by atoms with E-state index in [-0.39, 0.29) is 18.2 Å². The fourth-order valence-electron chi connectivity index (χ4n) is 2.63. The molecule has 1 N–H and O–H groups in total. The van der Waals surface area contributed by atoms with Gasteiger partial charge in [0, 0.05) is 13.1 Å². The van der Waals surface area contributed by atoms with E-state index in [2.05, 4.69) is 17.1 Å². The van der Waals surface area contributed by atoms with Gasteiger partial charge in [-0.05, 0) is 56.1 Å². The summed E-state index contributed by atoms with van der Waals surface area (Å²) in [5, 5.41) is 3.40. The van der Waals surface area contributed by atoms with Gasteiger partial charge in [0.15, 0.2) is 0 Å². The molecule has 2 rings (SSSR count). The van der Waals surface area contributed by atoms with E-state index in [1.807, 2.05) is 6.07 Å². The molecule has 1 aromatic carbocycles. The standard InChI is InChI=1S/C15H23FN2.ClH/c1-2-18(11-13-6-8-17-9-7-13)12-14-4-3-5-15(16)10-14;/h3-5,10,13,17H,2,6-9,11-12H2,1H3;1H. The molecule has 0 aromatic heterocycles. The van der Waals surface area contributed by atoms with Gasteiger partial charge in [-0.1, -0.05) is 19.1 Å². The summed E-state index contributed by atoms with van der Waals surface area (Å²) in [7, 11) is 0. The van der Waals surface area contributed by atoms with Crippen LogP contribution in [-0.2, 0) is 6.54 Å². The van der Waals surface area contributed by atoms with E-state index in [1.54, 1.807) is 12.1 Å². The normalized spacial score (nSPS) is 16.4. The zero-order valence-corrected chi connectivity index (χ0v) is 12.4. The lowest BCUT2D eigenvalue weighted by Crippen LogP contribution is -2.35. The molecule has 0 spiro atoms. The number of nitrogens with one attached hydrogen (secondary N) is 1. The largest absolute Gasteiger partial charge is 0.317 e. The molecule has 1 aliphatic rings. The number of rotatable bonds is 5. The number of hydrogen-bond donors (Lipinski definition) is 1. The molecule has 1 aliphatic heterocycles. The van der Waals surface area contributed by atoms with Gasteiger partial charge in [-0.2, -0.15) is 0 Å². The highest BCUT2D eigenvalue weighted by Gasteiger charge is 2.16. The average Bonchev–Trinajstić information content (AvgIpc) is 2.39. The fourth-order valence-corrected chi connectivity index (χ4v) is 2.63. The molecule has 1 heterocycles. The molecule has 0 bridgehead atoms. The maximum atomic E-state index is 13.2. The zero-order valence-electron chi connectivity index (χ0n) is 11.6. The Hall–Kier alpha value is -0.640. The molecule has 0 atom stereocenters. The predicted molar refractivity (Wildman–Crippen MR) is 80.2 cm³/mol. The van der Waals surface area contributed by atoms with Crippen molar-refractivity contribution in [3.8, 4) is 0 Å². The van der Waals surface area contributed by atoms with Crippen LogP contribution in [0.3, 0.4) is 0 Å². The molecule has 1 aromatic rings. The average molecular weight is 287 g/mol. The Morgan fingerprint density at radius 1 is 1.32 bits per heavy atom. The van der Waals surface area contributed by atoms with Gasteiger partial charge in [-0.15, -0.1) is 12.4 Å². The molecular formula is C15H24ClFN2. The summed E-state index contributed by atoms with van der Waals surface area (Å²) in [6.45, 7) is 7.48. The highest BCUT2D eigenvalue weighted by molar-refractivity contribution is 5.85. The van der Waals surface area contributed by atoms with Crippen molar-refractivity contribution in [3.05, 3.63) is 35.6 Å². The Morgan fingerprint density at radius 2 is 2.05 bits per heavy atom. The summed E-state index contributed by atoms with van der Waals surface area (Å²) in [5.74, 6) is 0.658. The van der Waals surface area contributed by atoms with Crippen molar-refractivity contribution >= 4 is 12.4 Å². The first kappa shape index (κ1) is 16.4. The van der Waals surface area contributed by atoms with Crippen molar-refractivity contribution in [1.29, 1.82) is 0 Å². The summed E-state index contributed by atoms with van der Waals surface area (Å²) in [6.07, 6.45) is 2.53. The molecule has 0 saturated carbocycles. The van der Waals surface area contributed by atoms with Crippen LogP contribution in [0.4, 0.5) is 4.39 Å². The smallest absolute Gasteiger partial charge is 0.123 e. The number of halogens is 2. The Labute approximate surface area is 121 Å². The van der Waals surface area contributed by atoms with Crippen molar-refractivity contribution in [2.45, 2.75) is 26.3 Å². The maximum Gasteiger partial charge on any atom is 0.123 e. The molecule has 0 unspecified atom stereocenters. The number of benzene rings is 1. The number of hydrogen-bond acceptors (Lipinski definition) is 2. The SMILES string of the molecule is CCN(Cc1cccc(F)c1)CC1CCNCC1.Cl. The van der Waals surface area contributed by atoms with Crippen LogP contribution in [0.5, 0.6) is 0 Å². The molecule has 0 aliphatic carbocycles. The highest BCUT2D eigenvalue weighted by Crippen LogP contribution is 2.15. The summed E-state index contributed by atoms with van der Waals surface area (Å²) < 4.78 is 13.2. The van der Waals surface area contributed by atoms with Crippen LogP contribution < -0.4 is 5.32 Å². The predicted octanol–water partition coefficient (Wildman–Crippen LogP) is 3.07. The zero-order chi connectivity index (χ0) is 12.8. The molecule has 0 amide bonds. The third-order valence-electron chi connectivity index (χ3n) is 3.72. The van der Waals surface area contributed by atoms with Crippen LogP contribution in [0.1, 0.15) is 25.3 Å². The lowest BCUT2D eigenvalue weighted by Gasteiger charge is -2.29. The van der Waals surface area contributed by atoms with Gasteiger partial charge in [0.05, 0.1) is 0 Å². The second kappa shape index (κ2) is 8.51. The summed E-state index contributed by atoms with van der Waals surface area (Å²) in [5.41, 5.74) is 1.07. The Bertz CT molecular complexity index is 367. The van der Waals surface area contributed by atoms with Crippen LogP contribution in [0.2, 0.25) is 0 Å². The minimum atomic E-state index is -0.134. The Morgan fingerprint density at radius 3 is 2.68 bits per heavy atom. The number of piperidine rings is 1. The van der Waals surface area contributed by atoms with Crippen molar-refractivity contribution < 1.29 is 4.39 Å². The van der Waals surface area contributed by atoms with E-state index in [0.29, 0.717) is 0 Å². The molecule has 4 heteroatoms. The lowest BCUT2D eigenvalue weighted by molar-refractivity contribution is 0.207. The Kier molecular flexibility index (Phi) is 7.36. The number of nitrogens with zero attached hydrogens (tertiary/aromatic N) is 1. The fraction of sp³-hybridized carbons (Fsp3) is 0.600. The van der Waals surface area contributed by atoms with E-state index >= 15 is 0 Å². The van der Waals surface area contributed by atoms with Crippen molar-refractivity contribution in [2.24, 2.45) is 5.92 Å². The molecule has 1 fully saturated rings. The maximum absolute atomic E-state index is 13.2. The van der Waals surface area contributed by atoms with Crippen LogP contribution in [0, 0.1) is 11.7 Å². The van der Waals surface area contributed by atoms with Gasteiger partial charge in [0.2, 0.25) is 0 Å². The second-order valence-electron chi connectivity index (χ2n) is 5.15. The quantitative estimate of drug-likeness (QED) is 0.895. The van der Waals surface area contributed by atoms with Gasteiger partial charge in [-0.25, -0.2) is 4.39 Å². The van der Waals surface area contributed by atoms with E-state index in [4.69, 9.17) is 0 Å². The van der Waals surface area contributed by atoms with Gasteiger partial charge in [-0.3, -0.25) is 4.90 Å². The first-order valence-corrected chi connectivity index (χ1v) is 6.95. The summed E-state index contributed by atoms with van der Waals surface area (Å²) in [4.78, 5) is 2.42. The van der Waals surface area contributed by atoms with E-state index in [1.165, 1.54) is 18.9 Å². The molecule has 1 saturated heterocycles. The Balaban J connectivity index is 0.00000180. The molecule has 2 nitrogen and oxygen atoms in total. The monoisotopic (exact) mass is 286 g/mol. The second-order valence-corrected chi connectivity index (χ2v) is 5.15. The van der Waals surface area contributed by atoms with Crippen LogP contribution in [-0.4, -0.2) is 31.1 Å². The van der Waals surface area contributed by atoms with Crippen molar-refractivity contribution in [2.75, 3.05) is 26.2 Å². The summed E-state index contributed by atoms with van der Waals surface area (Å²) >= 11 is 0. The van der Waals surface area contributed by atoms with E-state index < -0.39 is 0 Å². The third-order valence-corrected chi connectivity index (χ3v) is 3.72. The van der Waals surface area contributed by atoms with Crippen LogP contribution >= 0.6 is 12.4 Å². The lowest BCUT2D eigenvalue weighted by atomic mass is 9.97. The van der Waals surface area contributed by atoms with Gasteiger partial charge < -0.3 is 5.32 Å². The van der Waals surface area contributed by atoms with Crippen molar-refractivity contribution in [1.82, 2.24) is 10.2 Å². The first-order chi connectivity index (χ1) is 8.78. The van der Waals surface area contributed by atoms with Crippen LogP contribution in [0.15, 0.2) is 24.3 Å². The topological polar surface area (TPSA) is 15.3 Å². The van der Waals surface area contributed by atoms with Crippen LogP contribution in [0.25, 0.3) is 0 Å². The van der Waals surface area contributed by atoms with Gasteiger partial charge >= 0.3 is 0 Å². The van der Waals surface area contributed by atoms with Gasteiger partial charge in [0.25, 0.3) is 0 Å². The molecule has 108 valence electrons. The van der Waals surface area contributed by atoms with Gasteiger partial charge in [0.1, 0.15) is 5.82 Å². The van der Waals surface area contributed by atoms with E-state index in [9.17, 15) is 4.39 Å². The molecule has 19 heavy (non-hydrogen) atoms. The van der Waals surface area contributed by atoms with E-state index in [0.717, 1.165) is 44.2 Å². The highest BCUT2D eigenvalue weighted by atomic mass is 35.5. The minimum Gasteiger partial charge on any atom is -0.317 e. The molecular weight excluding hydrogens is 263 g/mol. The summed E-state index contributed by atoms with van der Waals surface area (Å²) in [6, 6.07) is 6.95. The minimum absolute atomic E-state index is 0. The third kappa shape index (κ3) is 5.47. The van der Waals surface area contributed by atoms with Crippen molar-refractivity contribution in [3.63, 3.8) is 0 Å².